The Bertz CT molecular complexity index is 806. The van der Waals surface area contributed by atoms with Crippen LogP contribution in [0.3, 0.4) is 0 Å². The van der Waals surface area contributed by atoms with Crippen molar-refractivity contribution < 1.29 is 9.50 Å². The van der Waals surface area contributed by atoms with Crippen LogP contribution < -0.4 is 0 Å². The minimum Gasteiger partial charge on any atom is -0.396 e. The molecule has 0 amide bonds. The lowest BCUT2D eigenvalue weighted by Gasteiger charge is -2.10. The molecule has 0 fully saturated rings. The number of aliphatic hydroxyl groups excluding tert-OH is 1. The van der Waals surface area contributed by atoms with E-state index in [1.54, 1.807) is 23.9 Å². The van der Waals surface area contributed by atoms with Gasteiger partial charge in [0.2, 0.25) is 0 Å². The Morgan fingerprint density at radius 1 is 0.923 bits per heavy atom. The Balaban J connectivity index is 1.83. The predicted molar refractivity (Wildman–Crippen MR) is 103 cm³/mol. The molecule has 136 valence electrons. The number of aliphatic hydroxyl groups is 1. The maximum absolute atomic E-state index is 13.3. The van der Waals surface area contributed by atoms with Crippen LogP contribution in [0.5, 0.6) is 0 Å². The summed E-state index contributed by atoms with van der Waals surface area (Å²) in [4.78, 5) is 0. The Kier molecular flexibility index (Phi) is 6.80. The van der Waals surface area contributed by atoms with Gasteiger partial charge in [-0.3, -0.25) is 4.57 Å². The van der Waals surface area contributed by atoms with Gasteiger partial charge in [-0.2, -0.15) is 0 Å². The second-order valence-electron chi connectivity index (χ2n) is 6.02. The first kappa shape index (κ1) is 18.6. The number of hydrogen-bond acceptors (Lipinski definition) is 4. The lowest BCUT2D eigenvalue weighted by molar-refractivity contribution is 0.284. The number of benzene rings is 2. The largest absolute Gasteiger partial charge is 0.396 e. The fraction of sp³-hybridized carbons (Fsp3) is 0.300. The molecule has 0 bridgehead atoms. The van der Waals surface area contributed by atoms with Crippen LogP contribution in [0.1, 0.15) is 24.8 Å². The van der Waals surface area contributed by atoms with E-state index in [1.807, 2.05) is 18.2 Å². The van der Waals surface area contributed by atoms with Crippen molar-refractivity contribution in [1.82, 2.24) is 14.8 Å². The molecule has 0 aliphatic heterocycles. The first-order chi connectivity index (χ1) is 12.8. The molecule has 2 aromatic carbocycles. The minimum absolute atomic E-state index is 0.240. The molecule has 3 aromatic rings. The number of aromatic nitrogens is 3. The Morgan fingerprint density at radius 3 is 2.42 bits per heavy atom. The number of nitrogens with zero attached hydrogens (tertiary/aromatic N) is 3. The fourth-order valence-electron chi connectivity index (χ4n) is 2.67. The van der Waals surface area contributed by atoms with Crippen LogP contribution in [0.15, 0.2) is 59.8 Å². The fourth-order valence-corrected chi connectivity index (χ4v) is 3.61. The van der Waals surface area contributed by atoms with Crippen molar-refractivity contribution in [3.8, 4) is 11.4 Å². The predicted octanol–water partition coefficient (Wildman–Crippen LogP) is 4.39. The Morgan fingerprint density at radius 2 is 1.69 bits per heavy atom. The van der Waals surface area contributed by atoms with E-state index in [4.69, 9.17) is 5.11 Å². The van der Waals surface area contributed by atoms with Gasteiger partial charge in [0, 0.05) is 17.9 Å². The molecular weight excluding hydrogens is 349 g/mol. The number of unbranched alkanes of at least 4 members (excludes halogenated alkanes) is 2. The van der Waals surface area contributed by atoms with E-state index in [0.717, 1.165) is 47.1 Å². The van der Waals surface area contributed by atoms with E-state index in [9.17, 15) is 4.39 Å². The SMILES string of the molecule is OCCCCCSc1nnc(-c2ccc(F)cc2)n1Cc1ccccc1. The van der Waals surface area contributed by atoms with E-state index in [2.05, 4.69) is 26.9 Å². The zero-order valence-corrected chi connectivity index (χ0v) is 15.3. The first-order valence-electron chi connectivity index (χ1n) is 8.74. The lowest BCUT2D eigenvalue weighted by Crippen LogP contribution is -2.04. The van der Waals surface area contributed by atoms with Crippen LogP contribution in [0, 0.1) is 5.82 Å². The molecule has 0 unspecified atom stereocenters. The van der Waals surface area contributed by atoms with Crippen LogP contribution in [0.4, 0.5) is 4.39 Å². The monoisotopic (exact) mass is 371 g/mol. The summed E-state index contributed by atoms with van der Waals surface area (Å²) in [6.07, 6.45) is 2.86. The van der Waals surface area contributed by atoms with Gasteiger partial charge >= 0.3 is 0 Å². The summed E-state index contributed by atoms with van der Waals surface area (Å²) in [5.74, 6) is 1.41. The van der Waals surface area contributed by atoms with Crippen molar-refractivity contribution in [3.05, 3.63) is 66.0 Å². The molecule has 0 saturated heterocycles. The number of rotatable bonds is 9. The molecule has 1 heterocycles. The Labute approximate surface area is 157 Å². The summed E-state index contributed by atoms with van der Waals surface area (Å²) in [7, 11) is 0. The van der Waals surface area contributed by atoms with Gasteiger partial charge in [0.25, 0.3) is 0 Å². The quantitative estimate of drug-likeness (QED) is 0.448. The summed E-state index contributed by atoms with van der Waals surface area (Å²) in [6, 6.07) is 16.5. The molecule has 26 heavy (non-hydrogen) atoms. The third kappa shape index (κ3) is 4.93. The van der Waals surface area contributed by atoms with Gasteiger partial charge in [0.05, 0.1) is 6.54 Å². The molecule has 4 nitrogen and oxygen atoms in total. The highest BCUT2D eigenvalue weighted by Crippen LogP contribution is 2.26. The summed E-state index contributed by atoms with van der Waals surface area (Å²) >= 11 is 1.67. The van der Waals surface area contributed by atoms with Crippen LogP contribution in [0.25, 0.3) is 11.4 Å². The normalized spacial score (nSPS) is 11.0. The maximum atomic E-state index is 13.3. The van der Waals surface area contributed by atoms with Crippen molar-refractivity contribution in [1.29, 1.82) is 0 Å². The summed E-state index contributed by atoms with van der Waals surface area (Å²) in [5, 5.41) is 18.5. The molecule has 3 rings (SSSR count). The molecule has 0 saturated carbocycles. The zero-order valence-electron chi connectivity index (χ0n) is 14.5. The number of hydrogen-bond donors (Lipinski definition) is 1. The average molecular weight is 371 g/mol. The van der Waals surface area contributed by atoms with Crippen LogP contribution in [-0.4, -0.2) is 32.2 Å². The highest BCUT2D eigenvalue weighted by Gasteiger charge is 2.15. The molecule has 0 radical (unpaired) electrons. The van der Waals surface area contributed by atoms with Crippen LogP contribution >= 0.6 is 11.8 Å². The second-order valence-corrected chi connectivity index (χ2v) is 7.08. The molecule has 0 atom stereocenters. The number of thioether (sulfide) groups is 1. The van der Waals surface area contributed by atoms with E-state index in [-0.39, 0.29) is 12.4 Å². The molecule has 0 spiro atoms. The topological polar surface area (TPSA) is 50.9 Å². The average Bonchev–Trinajstić information content (AvgIpc) is 3.06. The summed E-state index contributed by atoms with van der Waals surface area (Å²) in [5.41, 5.74) is 2.01. The van der Waals surface area contributed by atoms with Crippen molar-refractivity contribution >= 4 is 11.8 Å². The van der Waals surface area contributed by atoms with Crippen LogP contribution in [-0.2, 0) is 6.54 Å². The van der Waals surface area contributed by atoms with Crippen molar-refractivity contribution in [2.24, 2.45) is 0 Å². The van der Waals surface area contributed by atoms with Gasteiger partial charge in [0.1, 0.15) is 5.82 Å². The minimum atomic E-state index is -0.263. The van der Waals surface area contributed by atoms with Crippen molar-refractivity contribution in [3.63, 3.8) is 0 Å². The zero-order chi connectivity index (χ0) is 18.2. The van der Waals surface area contributed by atoms with Crippen molar-refractivity contribution in [2.75, 3.05) is 12.4 Å². The molecule has 1 N–H and O–H groups in total. The molecule has 6 heteroatoms. The van der Waals surface area contributed by atoms with Gasteiger partial charge in [-0.1, -0.05) is 48.5 Å². The number of halogens is 1. The molecule has 0 aliphatic carbocycles. The van der Waals surface area contributed by atoms with E-state index in [0.29, 0.717) is 6.54 Å². The van der Waals surface area contributed by atoms with E-state index < -0.39 is 0 Å². The van der Waals surface area contributed by atoms with Crippen molar-refractivity contribution in [2.45, 2.75) is 31.0 Å². The van der Waals surface area contributed by atoms with Gasteiger partial charge in [0.15, 0.2) is 11.0 Å². The Hall–Kier alpha value is -2.18. The lowest BCUT2D eigenvalue weighted by atomic mass is 10.2. The standard InChI is InChI=1S/C20H22FN3OS/c21-18-11-9-17(10-12-18)19-22-23-20(26-14-6-2-5-13-25)24(19)15-16-7-3-1-4-8-16/h1,3-4,7-12,25H,2,5-6,13-15H2. The highest BCUT2D eigenvalue weighted by molar-refractivity contribution is 7.99. The summed E-state index contributed by atoms with van der Waals surface area (Å²) in [6.45, 7) is 0.906. The second kappa shape index (κ2) is 9.50. The smallest absolute Gasteiger partial charge is 0.191 e. The summed E-state index contributed by atoms with van der Waals surface area (Å²) < 4.78 is 15.3. The third-order valence-corrected chi connectivity index (χ3v) is 5.09. The van der Waals surface area contributed by atoms with Gasteiger partial charge < -0.3 is 5.11 Å². The van der Waals surface area contributed by atoms with Gasteiger partial charge in [-0.05, 0) is 42.7 Å². The maximum Gasteiger partial charge on any atom is 0.191 e. The van der Waals surface area contributed by atoms with E-state index >= 15 is 0 Å². The molecule has 0 aliphatic rings. The van der Waals surface area contributed by atoms with E-state index in [1.165, 1.54) is 12.1 Å². The van der Waals surface area contributed by atoms with Gasteiger partial charge in [-0.15, -0.1) is 10.2 Å². The highest BCUT2D eigenvalue weighted by atomic mass is 32.2. The van der Waals surface area contributed by atoms with Crippen LogP contribution in [0.2, 0.25) is 0 Å². The first-order valence-corrected chi connectivity index (χ1v) is 9.73. The van der Waals surface area contributed by atoms with Gasteiger partial charge in [-0.25, -0.2) is 4.39 Å². The molecular formula is C20H22FN3OS. The third-order valence-electron chi connectivity index (χ3n) is 4.04. The molecule has 1 aromatic heterocycles.